The van der Waals surface area contributed by atoms with E-state index in [1.807, 2.05) is 19.2 Å². The molecule has 17 heavy (non-hydrogen) atoms. The zero-order valence-corrected chi connectivity index (χ0v) is 10.7. The first kappa shape index (κ1) is 12.6. The standard InChI is InChI=1S/C13H22N2O2/c1-14-13-5-7-16-10-11(13)8-15(2)9-12-4-3-6-17-12/h3-4,6,11,13-14H,5,7-10H2,1-2H3. The Hall–Kier alpha value is -0.840. The molecule has 0 amide bonds. The molecule has 1 N–H and O–H groups in total. The summed E-state index contributed by atoms with van der Waals surface area (Å²) in [6.07, 6.45) is 2.83. The molecule has 4 nitrogen and oxygen atoms in total. The number of hydrogen-bond acceptors (Lipinski definition) is 4. The van der Waals surface area contributed by atoms with Crippen LogP contribution in [0.2, 0.25) is 0 Å². The third kappa shape index (κ3) is 3.56. The van der Waals surface area contributed by atoms with Gasteiger partial charge < -0.3 is 14.5 Å². The summed E-state index contributed by atoms with van der Waals surface area (Å²) in [6, 6.07) is 4.52. The molecule has 1 aliphatic heterocycles. The highest BCUT2D eigenvalue weighted by molar-refractivity contribution is 4.97. The topological polar surface area (TPSA) is 37.6 Å². The van der Waals surface area contributed by atoms with Gasteiger partial charge in [-0.25, -0.2) is 0 Å². The first-order valence-electron chi connectivity index (χ1n) is 6.25. The van der Waals surface area contributed by atoms with Gasteiger partial charge in [-0.1, -0.05) is 0 Å². The average molecular weight is 238 g/mol. The lowest BCUT2D eigenvalue weighted by atomic mass is 9.95. The summed E-state index contributed by atoms with van der Waals surface area (Å²) >= 11 is 0. The van der Waals surface area contributed by atoms with Gasteiger partial charge in [0, 0.05) is 25.1 Å². The molecule has 0 aromatic carbocycles. The van der Waals surface area contributed by atoms with Crippen LogP contribution in [0.3, 0.4) is 0 Å². The van der Waals surface area contributed by atoms with E-state index in [1.54, 1.807) is 6.26 Å². The lowest BCUT2D eigenvalue weighted by Crippen LogP contribution is -2.45. The maximum absolute atomic E-state index is 5.56. The van der Waals surface area contributed by atoms with E-state index in [1.165, 1.54) is 0 Å². The molecule has 96 valence electrons. The van der Waals surface area contributed by atoms with Gasteiger partial charge in [-0.15, -0.1) is 0 Å². The summed E-state index contributed by atoms with van der Waals surface area (Å²) in [5.41, 5.74) is 0. The van der Waals surface area contributed by atoms with Gasteiger partial charge in [-0.2, -0.15) is 0 Å². The van der Waals surface area contributed by atoms with Crippen molar-refractivity contribution in [1.29, 1.82) is 0 Å². The molecule has 0 saturated carbocycles. The normalized spacial score (nSPS) is 25.4. The second-order valence-electron chi connectivity index (χ2n) is 4.79. The van der Waals surface area contributed by atoms with Gasteiger partial charge in [-0.05, 0) is 32.6 Å². The lowest BCUT2D eigenvalue weighted by Gasteiger charge is -2.33. The Labute approximate surface area is 103 Å². The first-order chi connectivity index (χ1) is 8.29. The van der Waals surface area contributed by atoms with Gasteiger partial charge >= 0.3 is 0 Å². The van der Waals surface area contributed by atoms with Crippen molar-refractivity contribution in [3.63, 3.8) is 0 Å². The van der Waals surface area contributed by atoms with Gasteiger partial charge in [0.15, 0.2) is 0 Å². The first-order valence-corrected chi connectivity index (χ1v) is 6.25. The van der Waals surface area contributed by atoms with E-state index in [4.69, 9.17) is 9.15 Å². The number of rotatable bonds is 5. The van der Waals surface area contributed by atoms with Crippen LogP contribution >= 0.6 is 0 Å². The number of hydrogen-bond donors (Lipinski definition) is 1. The van der Waals surface area contributed by atoms with Crippen LogP contribution < -0.4 is 5.32 Å². The molecule has 1 aromatic rings. The van der Waals surface area contributed by atoms with Crippen molar-refractivity contribution in [2.24, 2.45) is 5.92 Å². The van der Waals surface area contributed by atoms with E-state index in [-0.39, 0.29) is 0 Å². The summed E-state index contributed by atoms with van der Waals surface area (Å²) in [5.74, 6) is 1.58. The summed E-state index contributed by atoms with van der Waals surface area (Å²) in [7, 11) is 4.17. The van der Waals surface area contributed by atoms with Gasteiger partial charge in [0.1, 0.15) is 5.76 Å². The largest absolute Gasteiger partial charge is 0.468 e. The summed E-state index contributed by atoms with van der Waals surface area (Å²) in [4.78, 5) is 2.29. The number of nitrogens with zero attached hydrogens (tertiary/aromatic N) is 1. The van der Waals surface area contributed by atoms with Crippen molar-refractivity contribution in [2.45, 2.75) is 19.0 Å². The smallest absolute Gasteiger partial charge is 0.117 e. The van der Waals surface area contributed by atoms with E-state index in [2.05, 4.69) is 17.3 Å². The van der Waals surface area contributed by atoms with Crippen molar-refractivity contribution >= 4 is 0 Å². The molecular formula is C13H22N2O2. The van der Waals surface area contributed by atoms with Gasteiger partial charge in [0.05, 0.1) is 19.4 Å². The second-order valence-corrected chi connectivity index (χ2v) is 4.79. The Bertz CT molecular complexity index is 313. The monoisotopic (exact) mass is 238 g/mol. The Balaban J connectivity index is 1.82. The lowest BCUT2D eigenvalue weighted by molar-refractivity contribution is 0.0201. The molecule has 4 heteroatoms. The number of ether oxygens (including phenoxy) is 1. The molecule has 2 atom stereocenters. The fourth-order valence-electron chi connectivity index (χ4n) is 2.49. The maximum atomic E-state index is 5.56. The third-order valence-corrected chi connectivity index (χ3v) is 3.40. The Kier molecular flexibility index (Phi) is 4.59. The van der Waals surface area contributed by atoms with Crippen LogP contribution in [0, 0.1) is 5.92 Å². The molecule has 2 rings (SSSR count). The van der Waals surface area contributed by atoms with Crippen molar-refractivity contribution in [2.75, 3.05) is 33.9 Å². The highest BCUT2D eigenvalue weighted by Crippen LogP contribution is 2.16. The van der Waals surface area contributed by atoms with Crippen molar-refractivity contribution < 1.29 is 9.15 Å². The molecule has 2 unspecified atom stereocenters. The molecule has 1 fully saturated rings. The molecular weight excluding hydrogens is 216 g/mol. The zero-order valence-electron chi connectivity index (χ0n) is 10.7. The van der Waals surface area contributed by atoms with Gasteiger partial charge in [-0.3, -0.25) is 4.90 Å². The third-order valence-electron chi connectivity index (χ3n) is 3.40. The summed E-state index contributed by atoms with van der Waals surface area (Å²) in [5, 5.41) is 3.39. The Morgan fingerprint density at radius 2 is 2.41 bits per heavy atom. The fourth-order valence-corrected chi connectivity index (χ4v) is 2.49. The van der Waals surface area contributed by atoms with Crippen LogP contribution in [0.4, 0.5) is 0 Å². The Morgan fingerprint density at radius 1 is 1.53 bits per heavy atom. The predicted octanol–water partition coefficient (Wildman–Crippen LogP) is 1.34. The summed E-state index contributed by atoms with van der Waals surface area (Å²) < 4.78 is 10.9. The predicted molar refractivity (Wildman–Crippen MR) is 66.8 cm³/mol. The molecule has 1 aliphatic rings. The SMILES string of the molecule is CNC1CCOCC1CN(C)Cc1ccco1. The van der Waals surface area contributed by atoms with Crippen LogP contribution in [0.15, 0.2) is 22.8 Å². The van der Waals surface area contributed by atoms with E-state index < -0.39 is 0 Å². The van der Waals surface area contributed by atoms with Crippen molar-refractivity contribution in [1.82, 2.24) is 10.2 Å². The van der Waals surface area contributed by atoms with Gasteiger partial charge in [0.25, 0.3) is 0 Å². The highest BCUT2D eigenvalue weighted by atomic mass is 16.5. The number of nitrogens with one attached hydrogen (secondary N) is 1. The van der Waals surface area contributed by atoms with E-state index >= 15 is 0 Å². The zero-order chi connectivity index (χ0) is 12.1. The maximum Gasteiger partial charge on any atom is 0.117 e. The molecule has 1 saturated heterocycles. The van der Waals surface area contributed by atoms with Crippen LogP contribution in [0.25, 0.3) is 0 Å². The van der Waals surface area contributed by atoms with E-state index in [0.717, 1.165) is 38.5 Å². The molecule has 0 aliphatic carbocycles. The van der Waals surface area contributed by atoms with E-state index in [0.29, 0.717) is 12.0 Å². The minimum absolute atomic E-state index is 0.564. The number of furan rings is 1. The van der Waals surface area contributed by atoms with Crippen LogP contribution in [0.1, 0.15) is 12.2 Å². The minimum atomic E-state index is 0.564. The fraction of sp³-hybridized carbons (Fsp3) is 0.692. The molecule has 0 radical (unpaired) electrons. The van der Waals surface area contributed by atoms with Gasteiger partial charge in [0.2, 0.25) is 0 Å². The van der Waals surface area contributed by atoms with Crippen LogP contribution in [-0.2, 0) is 11.3 Å². The average Bonchev–Trinajstić information content (AvgIpc) is 2.82. The minimum Gasteiger partial charge on any atom is -0.468 e. The molecule has 0 spiro atoms. The van der Waals surface area contributed by atoms with Crippen molar-refractivity contribution in [3.8, 4) is 0 Å². The quantitative estimate of drug-likeness (QED) is 0.840. The Morgan fingerprint density at radius 3 is 3.12 bits per heavy atom. The molecule has 0 bridgehead atoms. The van der Waals surface area contributed by atoms with Crippen LogP contribution in [-0.4, -0.2) is 44.8 Å². The molecule has 1 aromatic heterocycles. The molecule has 2 heterocycles. The van der Waals surface area contributed by atoms with Crippen LogP contribution in [0.5, 0.6) is 0 Å². The highest BCUT2D eigenvalue weighted by Gasteiger charge is 2.25. The van der Waals surface area contributed by atoms with E-state index in [9.17, 15) is 0 Å². The van der Waals surface area contributed by atoms with Crippen molar-refractivity contribution in [3.05, 3.63) is 24.2 Å². The second kappa shape index (κ2) is 6.19. The summed E-state index contributed by atoms with van der Waals surface area (Å²) in [6.45, 7) is 3.63.